The zero-order valence-corrected chi connectivity index (χ0v) is 28.3. The fourth-order valence-corrected chi connectivity index (χ4v) is 12.9. The first-order chi connectivity index (χ1) is 22.9. The van der Waals surface area contributed by atoms with E-state index in [4.69, 9.17) is 18.9 Å². The number of likely N-dealkylation sites (tertiary alicyclic amines) is 1. The molecule has 7 aliphatic rings. The topological polar surface area (TPSA) is 155 Å². The number of rotatable bonds is 8. The van der Waals surface area contributed by atoms with Gasteiger partial charge in [0.25, 0.3) is 0 Å². The quantitative estimate of drug-likeness (QED) is 0.272. The number of likely N-dealkylation sites (N-methyl/N-ethyl adjacent to an activating group) is 1. The number of nitrogens with zero attached hydrogens (tertiary/aromatic N) is 2. The van der Waals surface area contributed by atoms with Crippen LogP contribution in [0.15, 0.2) is 24.3 Å². The van der Waals surface area contributed by atoms with Gasteiger partial charge in [-0.15, -0.1) is 0 Å². The number of amides is 2. The summed E-state index contributed by atoms with van der Waals surface area (Å²) in [6.45, 7) is 4.82. The van der Waals surface area contributed by atoms with E-state index >= 15 is 0 Å². The number of piperidine rings is 1. The number of hydrogen-bond donors (Lipinski definition) is 3. The minimum Gasteiger partial charge on any atom is -0.461 e. The van der Waals surface area contributed by atoms with Crippen LogP contribution in [0.3, 0.4) is 0 Å². The average molecular weight is 669 g/mol. The zero-order chi connectivity index (χ0) is 34.1. The van der Waals surface area contributed by atoms with E-state index in [0.29, 0.717) is 32.4 Å². The second kappa shape index (κ2) is 10.8. The van der Waals surface area contributed by atoms with E-state index in [9.17, 15) is 29.7 Å². The molecule has 2 aliphatic heterocycles. The number of carbonyl (C=O) groups is 3. The third kappa shape index (κ3) is 3.62. The first-order valence-electron chi connectivity index (χ1n) is 17.5. The van der Waals surface area contributed by atoms with Gasteiger partial charge in [-0.25, -0.2) is 9.69 Å². The summed E-state index contributed by atoms with van der Waals surface area (Å²) < 4.78 is 25.0. The second-order valence-corrected chi connectivity index (χ2v) is 15.7. The van der Waals surface area contributed by atoms with Crippen molar-refractivity contribution in [3.05, 3.63) is 29.8 Å². The molecule has 7 fully saturated rings. The van der Waals surface area contributed by atoms with Crippen LogP contribution in [0.5, 0.6) is 0 Å². The molecular weight excluding hydrogens is 620 g/mol. The van der Waals surface area contributed by atoms with Crippen molar-refractivity contribution in [1.82, 2.24) is 4.90 Å². The highest BCUT2D eigenvalue weighted by Gasteiger charge is 2.91. The van der Waals surface area contributed by atoms with E-state index < -0.39 is 64.2 Å². The molecular formula is C36H48N2O10. The Morgan fingerprint density at radius 1 is 1.08 bits per heavy atom. The number of aliphatic hydroxyl groups excluding tert-OH is 1. The van der Waals surface area contributed by atoms with Crippen molar-refractivity contribution in [1.29, 1.82) is 0 Å². The van der Waals surface area contributed by atoms with Gasteiger partial charge in [0.05, 0.1) is 48.3 Å². The molecule has 12 heteroatoms. The van der Waals surface area contributed by atoms with E-state index in [2.05, 4.69) is 4.90 Å². The van der Waals surface area contributed by atoms with Gasteiger partial charge in [0.1, 0.15) is 11.2 Å². The summed E-state index contributed by atoms with van der Waals surface area (Å²) >= 11 is 0. The molecule has 1 unspecified atom stereocenters. The van der Waals surface area contributed by atoms with Crippen LogP contribution in [0.2, 0.25) is 0 Å². The van der Waals surface area contributed by atoms with Gasteiger partial charge >= 0.3 is 5.97 Å². The van der Waals surface area contributed by atoms with Crippen LogP contribution >= 0.6 is 0 Å². The van der Waals surface area contributed by atoms with Crippen molar-refractivity contribution in [3.8, 4) is 0 Å². The molecule has 0 aromatic heterocycles. The number of esters is 1. The first-order valence-corrected chi connectivity index (χ1v) is 17.5. The van der Waals surface area contributed by atoms with Gasteiger partial charge in [-0.3, -0.25) is 14.5 Å². The highest BCUT2D eigenvalue weighted by atomic mass is 16.5. The highest BCUT2D eigenvalue weighted by Crippen LogP contribution is 2.80. The Morgan fingerprint density at radius 2 is 1.83 bits per heavy atom. The van der Waals surface area contributed by atoms with E-state index in [1.165, 1.54) is 0 Å². The lowest BCUT2D eigenvalue weighted by molar-refractivity contribution is -0.319. The molecule has 12 nitrogen and oxygen atoms in total. The van der Waals surface area contributed by atoms with Gasteiger partial charge in [0, 0.05) is 75.2 Å². The van der Waals surface area contributed by atoms with Crippen LogP contribution < -0.4 is 4.90 Å². The number of anilines is 1. The van der Waals surface area contributed by atoms with Crippen LogP contribution in [-0.4, -0.2) is 121 Å². The number of carbonyl (C=O) groups excluding carboxylic acids is 3. The summed E-state index contributed by atoms with van der Waals surface area (Å²) in [5, 5.41) is 37.7. The third-order valence-electron chi connectivity index (χ3n) is 14.3. The molecule has 5 aliphatic carbocycles. The predicted octanol–water partition coefficient (Wildman–Crippen LogP) is 1.38. The van der Waals surface area contributed by atoms with Gasteiger partial charge in [-0.1, -0.05) is 26.0 Å². The average Bonchev–Trinajstić information content (AvgIpc) is 3.61. The van der Waals surface area contributed by atoms with E-state index in [1.54, 1.807) is 52.5 Å². The molecule has 7 bridgehead atoms. The maximum Gasteiger partial charge on any atom is 0.340 e. The van der Waals surface area contributed by atoms with E-state index in [-0.39, 0.29) is 66.4 Å². The highest BCUT2D eigenvalue weighted by molar-refractivity contribution is 6.22. The van der Waals surface area contributed by atoms with Gasteiger partial charge in [-0.2, -0.15) is 0 Å². The standard InChI is InChI=1S/C36H48N2O10/c1-6-37-16-33(17-48-31(42)19-9-7-8-10-22(19)38-25(40)13-18(2)30(38)41)12-11-24(45-3)35-21-14-20-23(39)15-34(43,26(21)27(20)46-4)36(44,32(35)37)29(47-5)28(33)35/h7-10,18,20-21,23-24,26-29,32,39,43-44H,6,11-17H2,1-5H3/t18-,20+,21+,23-,24-,26+,27-,28+,29-,32?,33-,34+,35-,36+/m0/s1. The van der Waals surface area contributed by atoms with Crippen LogP contribution in [0.4, 0.5) is 5.69 Å². The van der Waals surface area contributed by atoms with Crippen LogP contribution in [0.25, 0.3) is 0 Å². The Bertz CT molecular complexity index is 1540. The molecule has 2 heterocycles. The number of fused-ring (bicyclic) bond motifs is 2. The fourth-order valence-electron chi connectivity index (χ4n) is 12.9. The van der Waals surface area contributed by atoms with Crippen LogP contribution in [-0.2, 0) is 28.5 Å². The Kier molecular flexibility index (Phi) is 7.35. The van der Waals surface area contributed by atoms with Gasteiger partial charge < -0.3 is 34.3 Å². The fraction of sp³-hybridized carbons (Fsp3) is 0.750. The summed E-state index contributed by atoms with van der Waals surface area (Å²) in [7, 11) is 4.89. The summed E-state index contributed by atoms with van der Waals surface area (Å²) in [6, 6.07) is 6.02. The molecule has 48 heavy (non-hydrogen) atoms. The van der Waals surface area contributed by atoms with Gasteiger partial charge in [0.2, 0.25) is 11.8 Å². The largest absolute Gasteiger partial charge is 0.461 e. The van der Waals surface area contributed by atoms with Crippen molar-refractivity contribution in [2.45, 2.75) is 87.6 Å². The minimum atomic E-state index is -1.77. The lowest BCUT2D eigenvalue weighted by Gasteiger charge is -2.70. The maximum atomic E-state index is 14.0. The molecule has 262 valence electrons. The van der Waals surface area contributed by atoms with Crippen molar-refractivity contribution in [2.75, 3.05) is 45.9 Å². The maximum absolute atomic E-state index is 14.0. The number of hydrogen-bond acceptors (Lipinski definition) is 11. The Hall–Kier alpha value is -2.45. The SMILES string of the molecule is CCN1C[C@]2(COC(=O)c3ccccc3N3C(=O)C[C@H](C)C3=O)CC[C@H](OC)[C@]34C1[C@](O)([C@@H](OC)[C@H]23)[C@@]1(O)C[C@H](O)[C@H]2C[C@@H]4[C@@H]1[C@H]2OC. The monoisotopic (exact) mass is 668 g/mol. The summed E-state index contributed by atoms with van der Waals surface area (Å²) in [6.07, 6.45) is -0.413. The second-order valence-electron chi connectivity index (χ2n) is 15.7. The Morgan fingerprint density at radius 3 is 2.48 bits per heavy atom. The molecule has 0 radical (unpaired) electrons. The van der Waals surface area contributed by atoms with Crippen LogP contribution in [0.1, 0.15) is 56.3 Å². The van der Waals surface area contributed by atoms with Crippen molar-refractivity contribution >= 4 is 23.5 Å². The Labute approximate surface area is 280 Å². The molecule has 5 saturated carbocycles. The number of imide groups is 1. The number of methoxy groups -OCH3 is 3. The van der Waals surface area contributed by atoms with Crippen LogP contribution in [0, 0.1) is 40.4 Å². The molecule has 14 atom stereocenters. The number of aliphatic hydroxyl groups is 3. The number of para-hydroxylation sites is 1. The lowest BCUT2D eigenvalue weighted by Crippen LogP contribution is -2.82. The van der Waals surface area contributed by atoms with Gasteiger partial charge in [-0.05, 0) is 43.9 Å². The molecule has 3 N–H and O–H groups in total. The minimum absolute atomic E-state index is 0.00997. The zero-order valence-electron chi connectivity index (χ0n) is 28.3. The van der Waals surface area contributed by atoms with Crippen molar-refractivity contribution < 1.29 is 48.7 Å². The third-order valence-corrected chi connectivity index (χ3v) is 14.3. The van der Waals surface area contributed by atoms with Crippen molar-refractivity contribution in [3.63, 3.8) is 0 Å². The molecule has 2 amide bonds. The molecule has 2 saturated heterocycles. The molecule has 1 spiro atoms. The van der Waals surface area contributed by atoms with E-state index in [0.717, 1.165) is 4.90 Å². The van der Waals surface area contributed by atoms with Gasteiger partial charge in [0.15, 0.2) is 0 Å². The van der Waals surface area contributed by atoms with Crippen molar-refractivity contribution in [2.24, 2.45) is 40.4 Å². The normalized spacial score (nSPS) is 48.7. The smallest absolute Gasteiger partial charge is 0.340 e. The summed E-state index contributed by atoms with van der Waals surface area (Å²) in [4.78, 5) is 43.1. The Balaban J connectivity index is 1.23. The number of benzene rings is 1. The first kappa shape index (κ1) is 32.7. The molecule has 1 aromatic rings. The predicted molar refractivity (Wildman–Crippen MR) is 170 cm³/mol. The summed E-state index contributed by atoms with van der Waals surface area (Å²) in [5.74, 6) is -2.96. The summed E-state index contributed by atoms with van der Waals surface area (Å²) in [5.41, 5.74) is -4.49. The lowest BCUT2D eigenvalue weighted by atomic mass is 9.42. The van der Waals surface area contributed by atoms with E-state index in [1.807, 2.05) is 6.92 Å². The molecule has 1 aromatic carbocycles. The number of ether oxygens (including phenoxy) is 4. The molecule has 8 rings (SSSR count).